The van der Waals surface area contributed by atoms with E-state index in [0.717, 1.165) is 18.3 Å². The molecule has 0 unspecified atom stereocenters. The number of rotatable bonds is 8. The van der Waals surface area contributed by atoms with Crippen LogP contribution < -0.4 is 19.3 Å². The van der Waals surface area contributed by atoms with Crippen molar-refractivity contribution >= 4 is 23.3 Å². The number of ether oxygens (including phenoxy) is 2. The van der Waals surface area contributed by atoms with Gasteiger partial charge in [-0.15, -0.1) is 0 Å². The summed E-state index contributed by atoms with van der Waals surface area (Å²) in [7, 11) is 7.36. The van der Waals surface area contributed by atoms with E-state index in [0.29, 0.717) is 11.1 Å². The second kappa shape index (κ2) is 12.0. The second-order valence-corrected chi connectivity index (χ2v) is 10.3. The molecule has 0 saturated carbocycles. The highest BCUT2D eigenvalue weighted by molar-refractivity contribution is 5.92. The fourth-order valence-corrected chi connectivity index (χ4v) is 4.36. The normalized spacial score (nSPS) is 11.5. The van der Waals surface area contributed by atoms with Crippen LogP contribution in [0.4, 0.5) is 24.5 Å². The van der Waals surface area contributed by atoms with Crippen molar-refractivity contribution in [1.82, 2.24) is 0 Å². The summed E-state index contributed by atoms with van der Waals surface area (Å²) in [6.07, 6.45) is -4.66. The van der Waals surface area contributed by atoms with Gasteiger partial charge in [-0.3, -0.25) is 0 Å². The molecule has 6 nitrogen and oxygen atoms in total. The minimum atomic E-state index is -4.66. The van der Waals surface area contributed by atoms with Crippen LogP contribution in [0.5, 0.6) is 11.5 Å². The van der Waals surface area contributed by atoms with Crippen molar-refractivity contribution in [2.24, 2.45) is 0 Å². The molecule has 0 spiro atoms. The Hall–Kier alpha value is -4.79. The quantitative estimate of drug-likeness (QED) is 0.164. The molecule has 0 aliphatic carbocycles. The first-order valence-electron chi connectivity index (χ1n) is 13.1. The molecule has 42 heavy (non-hydrogen) atoms. The molecule has 0 fully saturated rings. The summed E-state index contributed by atoms with van der Waals surface area (Å²) in [4.78, 5) is 29.0. The molecule has 4 aromatic carbocycles. The Morgan fingerprint density at radius 3 is 1.26 bits per heavy atom. The van der Waals surface area contributed by atoms with E-state index in [1.807, 2.05) is 50.1 Å². The summed E-state index contributed by atoms with van der Waals surface area (Å²) in [5.74, 6) is -1.01. The van der Waals surface area contributed by atoms with E-state index in [-0.39, 0.29) is 22.6 Å². The van der Waals surface area contributed by atoms with E-state index >= 15 is 0 Å². The topological polar surface area (TPSA) is 59.1 Å². The number of benzene rings is 4. The van der Waals surface area contributed by atoms with Crippen molar-refractivity contribution in [2.75, 3.05) is 38.0 Å². The first-order chi connectivity index (χ1) is 19.8. The minimum Gasteiger partial charge on any atom is -0.423 e. The smallest absolute Gasteiger partial charge is 0.402 e. The van der Waals surface area contributed by atoms with Gasteiger partial charge in [0.25, 0.3) is 0 Å². The predicted molar refractivity (Wildman–Crippen MR) is 157 cm³/mol. The number of hydrogen-bond acceptors (Lipinski definition) is 6. The Labute approximate surface area is 242 Å². The Morgan fingerprint density at radius 2 is 0.952 bits per heavy atom. The molecular weight excluding hydrogens is 545 g/mol. The SMILES string of the molecule is CN(C)c1cccc(C(=O)Oc2ccc(C(C)(c3ccc(OC(=O)c4cccc(N(C)C)c4)cc3)C(F)(F)F)cc2)c1. The van der Waals surface area contributed by atoms with Crippen LogP contribution in [0.2, 0.25) is 0 Å². The zero-order chi connectivity index (χ0) is 30.7. The molecular formula is C33H31F3N2O4. The van der Waals surface area contributed by atoms with Crippen LogP contribution in [-0.2, 0) is 5.41 Å². The molecule has 0 atom stereocenters. The number of esters is 2. The van der Waals surface area contributed by atoms with Crippen LogP contribution in [-0.4, -0.2) is 46.3 Å². The molecule has 0 aliphatic rings. The number of carbonyl (C=O) groups excluding carboxylic acids is 2. The van der Waals surface area contributed by atoms with Crippen molar-refractivity contribution in [2.45, 2.75) is 18.5 Å². The van der Waals surface area contributed by atoms with Gasteiger partial charge in [-0.2, -0.15) is 13.2 Å². The molecule has 0 amide bonds. The summed E-state index contributed by atoms with van der Waals surface area (Å²) < 4.78 is 54.5. The summed E-state index contributed by atoms with van der Waals surface area (Å²) in [6.45, 7) is 1.08. The predicted octanol–water partition coefficient (Wildman–Crippen LogP) is 7.13. The van der Waals surface area contributed by atoms with Crippen LogP contribution >= 0.6 is 0 Å². The fraction of sp³-hybridized carbons (Fsp3) is 0.212. The van der Waals surface area contributed by atoms with Crippen molar-refractivity contribution in [3.8, 4) is 11.5 Å². The summed E-state index contributed by atoms with van der Waals surface area (Å²) in [5.41, 5.74) is -0.240. The fourth-order valence-electron chi connectivity index (χ4n) is 4.36. The monoisotopic (exact) mass is 576 g/mol. The molecule has 4 aromatic rings. The van der Waals surface area contributed by atoms with Gasteiger partial charge in [0.05, 0.1) is 11.1 Å². The summed E-state index contributed by atoms with van der Waals surface area (Å²) in [5, 5.41) is 0. The van der Waals surface area contributed by atoms with Crippen LogP contribution in [0.25, 0.3) is 0 Å². The highest BCUT2D eigenvalue weighted by Crippen LogP contribution is 2.46. The third-order valence-electron chi connectivity index (χ3n) is 7.05. The molecule has 0 heterocycles. The Morgan fingerprint density at radius 1 is 0.595 bits per heavy atom. The number of carbonyl (C=O) groups is 2. The van der Waals surface area contributed by atoms with Gasteiger partial charge in [-0.1, -0.05) is 36.4 Å². The van der Waals surface area contributed by atoms with Gasteiger partial charge in [0.2, 0.25) is 0 Å². The molecule has 0 aliphatic heterocycles. The van der Waals surface area contributed by atoms with E-state index in [9.17, 15) is 22.8 Å². The second-order valence-electron chi connectivity index (χ2n) is 10.3. The zero-order valence-corrected chi connectivity index (χ0v) is 23.9. The number of alkyl halides is 3. The first kappa shape index (κ1) is 30.2. The summed E-state index contributed by atoms with van der Waals surface area (Å²) in [6, 6.07) is 24.2. The average Bonchev–Trinajstić information content (AvgIpc) is 2.97. The lowest BCUT2D eigenvalue weighted by Gasteiger charge is -2.33. The van der Waals surface area contributed by atoms with Crippen LogP contribution in [0.15, 0.2) is 97.1 Å². The molecule has 218 valence electrons. The minimum absolute atomic E-state index is 0.0466. The van der Waals surface area contributed by atoms with Gasteiger partial charge < -0.3 is 19.3 Å². The number of hydrogen-bond donors (Lipinski definition) is 0. The standard InChI is InChI=1S/C33H31F3N2O4/c1-32(33(34,35)36,24-12-16-28(17-13-24)41-30(39)22-8-6-10-26(20-22)37(2)3)25-14-18-29(19-15-25)42-31(40)23-9-7-11-27(21-23)38(4)5/h6-21H,1-5H3. The van der Waals surface area contributed by atoms with E-state index in [1.54, 1.807) is 36.4 Å². The zero-order valence-electron chi connectivity index (χ0n) is 23.9. The Kier molecular flexibility index (Phi) is 8.61. The van der Waals surface area contributed by atoms with Gasteiger partial charge in [-0.25, -0.2) is 9.59 Å². The molecule has 0 saturated heterocycles. The van der Waals surface area contributed by atoms with Gasteiger partial charge in [-0.05, 0) is 78.7 Å². The van der Waals surface area contributed by atoms with Crippen molar-refractivity contribution in [3.05, 3.63) is 119 Å². The molecule has 0 bridgehead atoms. The van der Waals surface area contributed by atoms with Gasteiger partial charge in [0.15, 0.2) is 0 Å². The lowest BCUT2D eigenvalue weighted by Crippen LogP contribution is -2.40. The molecule has 0 radical (unpaired) electrons. The van der Waals surface area contributed by atoms with Crippen LogP contribution in [0.3, 0.4) is 0 Å². The van der Waals surface area contributed by atoms with Gasteiger partial charge in [0, 0.05) is 39.6 Å². The molecule has 9 heteroatoms. The Balaban J connectivity index is 1.53. The van der Waals surface area contributed by atoms with Crippen molar-refractivity contribution < 1.29 is 32.2 Å². The third-order valence-corrected chi connectivity index (χ3v) is 7.05. The van der Waals surface area contributed by atoms with E-state index < -0.39 is 23.5 Å². The third kappa shape index (κ3) is 6.40. The lowest BCUT2D eigenvalue weighted by atomic mass is 9.75. The summed E-state index contributed by atoms with van der Waals surface area (Å²) >= 11 is 0. The van der Waals surface area contributed by atoms with E-state index in [1.165, 1.54) is 48.5 Å². The lowest BCUT2D eigenvalue weighted by molar-refractivity contribution is -0.173. The maximum absolute atomic E-state index is 14.6. The Bertz CT molecular complexity index is 1450. The highest BCUT2D eigenvalue weighted by atomic mass is 19.4. The largest absolute Gasteiger partial charge is 0.423 e. The maximum Gasteiger partial charge on any atom is 0.402 e. The van der Waals surface area contributed by atoms with Gasteiger partial charge >= 0.3 is 18.1 Å². The maximum atomic E-state index is 14.6. The van der Waals surface area contributed by atoms with Crippen LogP contribution in [0.1, 0.15) is 38.8 Å². The van der Waals surface area contributed by atoms with Crippen molar-refractivity contribution in [3.63, 3.8) is 0 Å². The first-order valence-corrected chi connectivity index (χ1v) is 13.1. The average molecular weight is 577 g/mol. The van der Waals surface area contributed by atoms with Gasteiger partial charge in [0.1, 0.15) is 16.9 Å². The molecule has 0 aromatic heterocycles. The van der Waals surface area contributed by atoms with E-state index in [4.69, 9.17) is 9.47 Å². The highest BCUT2D eigenvalue weighted by Gasteiger charge is 2.53. The number of nitrogens with zero attached hydrogens (tertiary/aromatic N) is 2. The van der Waals surface area contributed by atoms with Crippen LogP contribution in [0, 0.1) is 0 Å². The van der Waals surface area contributed by atoms with E-state index in [2.05, 4.69) is 0 Å². The number of halogens is 3. The number of anilines is 2. The molecule has 0 N–H and O–H groups in total. The molecule has 4 rings (SSSR count). The van der Waals surface area contributed by atoms with Crippen molar-refractivity contribution in [1.29, 1.82) is 0 Å².